The molecule has 0 saturated heterocycles. The van der Waals surface area contributed by atoms with Gasteiger partial charge in [-0.2, -0.15) is 0 Å². The number of carboxylic acids is 1. The van der Waals surface area contributed by atoms with Gasteiger partial charge in [0.05, 0.1) is 0 Å². The number of aliphatic carboxylic acids is 1. The first-order valence-electron chi connectivity index (χ1n) is 6.07. The summed E-state index contributed by atoms with van der Waals surface area (Å²) in [7, 11) is 0. The molecule has 0 saturated carbocycles. The molecule has 1 aromatic carbocycles. The lowest BCUT2D eigenvalue weighted by atomic mass is 10.0. The SMILES string of the molecule is CC(C)C[C@H](N=C/C=C/c1ccccc1)C(=O)O. The Kier molecular flexibility index (Phi) is 5.85. The normalized spacial score (nSPS) is 13.5. The summed E-state index contributed by atoms with van der Waals surface area (Å²) in [6.45, 7) is 3.98. The second-order valence-corrected chi connectivity index (χ2v) is 4.55. The molecule has 18 heavy (non-hydrogen) atoms. The molecule has 0 aliphatic rings. The van der Waals surface area contributed by atoms with Crippen molar-refractivity contribution in [3.8, 4) is 0 Å². The van der Waals surface area contributed by atoms with Crippen LogP contribution in [0.3, 0.4) is 0 Å². The van der Waals surface area contributed by atoms with Crippen molar-refractivity contribution in [2.45, 2.75) is 26.3 Å². The van der Waals surface area contributed by atoms with E-state index in [0.29, 0.717) is 12.3 Å². The lowest BCUT2D eigenvalue weighted by Gasteiger charge is -2.08. The zero-order valence-corrected chi connectivity index (χ0v) is 10.8. The number of aliphatic imine (C=N–C) groups is 1. The van der Waals surface area contributed by atoms with Crippen LogP contribution in [-0.4, -0.2) is 23.3 Å². The van der Waals surface area contributed by atoms with E-state index in [-0.39, 0.29) is 0 Å². The van der Waals surface area contributed by atoms with Crippen molar-refractivity contribution in [1.82, 2.24) is 0 Å². The molecule has 1 N–H and O–H groups in total. The number of hydrogen-bond acceptors (Lipinski definition) is 2. The van der Waals surface area contributed by atoms with Gasteiger partial charge in [-0.05, 0) is 24.0 Å². The summed E-state index contributed by atoms with van der Waals surface area (Å²) in [5.74, 6) is -0.547. The van der Waals surface area contributed by atoms with Gasteiger partial charge in [0.1, 0.15) is 6.04 Å². The minimum Gasteiger partial charge on any atom is -0.480 e. The van der Waals surface area contributed by atoms with Gasteiger partial charge in [-0.15, -0.1) is 0 Å². The van der Waals surface area contributed by atoms with Gasteiger partial charge in [-0.25, -0.2) is 4.79 Å². The Morgan fingerprint density at radius 2 is 2.00 bits per heavy atom. The maximum atomic E-state index is 11.0. The standard InChI is InChI=1S/C15H19NO2/c1-12(2)11-14(15(17)18)16-10-6-9-13-7-4-3-5-8-13/h3-10,12,14H,11H2,1-2H3,(H,17,18)/b9-6+,16-10?/t14-/m0/s1. The van der Waals surface area contributed by atoms with Crippen molar-refractivity contribution in [2.24, 2.45) is 10.9 Å². The Hall–Kier alpha value is -1.90. The fourth-order valence-corrected chi connectivity index (χ4v) is 1.54. The molecule has 0 aliphatic heterocycles. The molecule has 0 fully saturated rings. The van der Waals surface area contributed by atoms with Crippen LogP contribution in [0.1, 0.15) is 25.8 Å². The molecular formula is C15H19NO2. The molecule has 1 atom stereocenters. The van der Waals surface area contributed by atoms with E-state index in [1.807, 2.05) is 50.3 Å². The van der Waals surface area contributed by atoms with Crippen molar-refractivity contribution >= 4 is 18.3 Å². The Balaban J connectivity index is 2.57. The van der Waals surface area contributed by atoms with Gasteiger partial charge in [0.2, 0.25) is 0 Å². The summed E-state index contributed by atoms with van der Waals surface area (Å²) >= 11 is 0. The van der Waals surface area contributed by atoms with Crippen LogP contribution in [0.2, 0.25) is 0 Å². The predicted octanol–water partition coefficient (Wildman–Crippen LogP) is 3.27. The average molecular weight is 245 g/mol. The third-order valence-electron chi connectivity index (χ3n) is 2.42. The summed E-state index contributed by atoms with van der Waals surface area (Å²) in [5.41, 5.74) is 1.07. The Morgan fingerprint density at radius 1 is 1.33 bits per heavy atom. The zero-order valence-electron chi connectivity index (χ0n) is 10.8. The van der Waals surface area contributed by atoms with E-state index in [0.717, 1.165) is 5.56 Å². The van der Waals surface area contributed by atoms with E-state index in [9.17, 15) is 4.79 Å². The van der Waals surface area contributed by atoms with Gasteiger partial charge < -0.3 is 5.11 Å². The predicted molar refractivity (Wildman–Crippen MR) is 74.8 cm³/mol. The number of allylic oxidation sites excluding steroid dienone is 1. The van der Waals surface area contributed by atoms with Crippen LogP contribution in [-0.2, 0) is 4.79 Å². The van der Waals surface area contributed by atoms with Crippen LogP contribution in [0.25, 0.3) is 6.08 Å². The monoisotopic (exact) mass is 245 g/mol. The zero-order chi connectivity index (χ0) is 13.4. The van der Waals surface area contributed by atoms with E-state index < -0.39 is 12.0 Å². The lowest BCUT2D eigenvalue weighted by Crippen LogP contribution is -2.19. The molecule has 0 heterocycles. The average Bonchev–Trinajstić information content (AvgIpc) is 2.33. The largest absolute Gasteiger partial charge is 0.480 e. The van der Waals surface area contributed by atoms with Gasteiger partial charge in [-0.1, -0.05) is 50.3 Å². The molecule has 0 bridgehead atoms. The first-order chi connectivity index (χ1) is 8.59. The van der Waals surface area contributed by atoms with Crippen LogP contribution < -0.4 is 0 Å². The highest BCUT2D eigenvalue weighted by atomic mass is 16.4. The van der Waals surface area contributed by atoms with E-state index in [1.54, 1.807) is 12.3 Å². The highest BCUT2D eigenvalue weighted by molar-refractivity contribution is 5.82. The maximum absolute atomic E-state index is 11.0. The second kappa shape index (κ2) is 7.43. The topological polar surface area (TPSA) is 49.7 Å². The minimum atomic E-state index is -0.868. The van der Waals surface area contributed by atoms with E-state index in [2.05, 4.69) is 4.99 Å². The smallest absolute Gasteiger partial charge is 0.328 e. The maximum Gasteiger partial charge on any atom is 0.328 e. The Bertz CT molecular complexity index is 421. The Labute approximate surface area is 108 Å². The molecule has 3 heteroatoms. The number of nitrogens with zero attached hydrogens (tertiary/aromatic N) is 1. The molecule has 0 spiro atoms. The van der Waals surface area contributed by atoms with Gasteiger partial charge in [0.25, 0.3) is 0 Å². The third kappa shape index (κ3) is 5.43. The Morgan fingerprint density at radius 3 is 2.56 bits per heavy atom. The van der Waals surface area contributed by atoms with Crippen LogP contribution in [0.5, 0.6) is 0 Å². The van der Waals surface area contributed by atoms with Crippen molar-refractivity contribution in [1.29, 1.82) is 0 Å². The molecule has 1 rings (SSSR count). The van der Waals surface area contributed by atoms with Crippen LogP contribution >= 0.6 is 0 Å². The molecule has 0 radical (unpaired) electrons. The second-order valence-electron chi connectivity index (χ2n) is 4.55. The van der Waals surface area contributed by atoms with Crippen molar-refractivity contribution in [2.75, 3.05) is 0 Å². The van der Waals surface area contributed by atoms with Crippen molar-refractivity contribution in [3.63, 3.8) is 0 Å². The van der Waals surface area contributed by atoms with E-state index in [1.165, 1.54) is 0 Å². The molecule has 1 aromatic rings. The highest BCUT2D eigenvalue weighted by Crippen LogP contribution is 2.08. The summed E-state index contributed by atoms with van der Waals surface area (Å²) in [5, 5.41) is 9.00. The molecule has 3 nitrogen and oxygen atoms in total. The first-order valence-corrected chi connectivity index (χ1v) is 6.07. The van der Waals surface area contributed by atoms with Crippen LogP contribution in [0, 0.1) is 5.92 Å². The van der Waals surface area contributed by atoms with Crippen molar-refractivity contribution in [3.05, 3.63) is 42.0 Å². The summed E-state index contributed by atoms with van der Waals surface area (Å²) < 4.78 is 0. The van der Waals surface area contributed by atoms with E-state index in [4.69, 9.17) is 5.11 Å². The number of carbonyl (C=O) groups is 1. The van der Waals surface area contributed by atoms with Gasteiger partial charge in [0, 0.05) is 6.21 Å². The lowest BCUT2D eigenvalue weighted by molar-refractivity contribution is -0.138. The number of benzene rings is 1. The fraction of sp³-hybridized carbons (Fsp3) is 0.333. The fourth-order valence-electron chi connectivity index (χ4n) is 1.54. The number of carboxylic acid groups (broad SMARTS) is 1. The van der Waals surface area contributed by atoms with Crippen LogP contribution in [0.15, 0.2) is 41.4 Å². The molecule has 0 amide bonds. The number of rotatable bonds is 6. The molecule has 0 aliphatic carbocycles. The summed E-state index contributed by atoms with van der Waals surface area (Å²) in [6.07, 6.45) is 5.79. The number of hydrogen-bond donors (Lipinski definition) is 1. The quantitative estimate of drug-likeness (QED) is 0.782. The van der Waals surface area contributed by atoms with Gasteiger partial charge in [0.15, 0.2) is 0 Å². The molecule has 0 aromatic heterocycles. The first kappa shape index (κ1) is 14.2. The highest BCUT2D eigenvalue weighted by Gasteiger charge is 2.16. The molecular weight excluding hydrogens is 226 g/mol. The van der Waals surface area contributed by atoms with Gasteiger partial charge in [-0.3, -0.25) is 4.99 Å². The molecule has 96 valence electrons. The van der Waals surface area contributed by atoms with E-state index >= 15 is 0 Å². The third-order valence-corrected chi connectivity index (χ3v) is 2.42. The summed E-state index contributed by atoms with van der Waals surface area (Å²) in [6, 6.07) is 9.17. The van der Waals surface area contributed by atoms with Crippen LogP contribution in [0.4, 0.5) is 0 Å². The van der Waals surface area contributed by atoms with Gasteiger partial charge >= 0.3 is 5.97 Å². The minimum absolute atomic E-state index is 0.321. The summed E-state index contributed by atoms with van der Waals surface area (Å²) in [4.78, 5) is 15.0. The van der Waals surface area contributed by atoms with Crippen molar-refractivity contribution < 1.29 is 9.90 Å². The molecule has 0 unspecified atom stereocenters.